The van der Waals surface area contributed by atoms with Crippen LogP contribution in [-0.2, 0) is 25.9 Å². The van der Waals surface area contributed by atoms with Crippen LogP contribution in [-0.4, -0.2) is 19.6 Å². The van der Waals surface area contributed by atoms with E-state index in [1.54, 1.807) is 0 Å². The van der Waals surface area contributed by atoms with Gasteiger partial charge in [-0.15, -0.1) is 0 Å². The van der Waals surface area contributed by atoms with Crippen molar-refractivity contribution in [3.63, 3.8) is 0 Å². The Kier molecular flexibility index (Phi) is 1.66. The molecule has 16 heavy (non-hydrogen) atoms. The minimum absolute atomic E-state index is 0.143. The highest BCUT2D eigenvalue weighted by atomic mass is 15.3. The molecule has 0 amide bonds. The Morgan fingerprint density at radius 2 is 2.06 bits per heavy atom. The first-order valence-corrected chi connectivity index (χ1v) is 5.54. The van der Waals surface area contributed by atoms with Gasteiger partial charge in [-0.3, -0.25) is 9.36 Å². The molecule has 1 aliphatic carbocycles. The molecule has 0 radical (unpaired) electrons. The Bertz CT molecular complexity index is 560. The van der Waals surface area contributed by atoms with Crippen LogP contribution in [0.1, 0.15) is 25.1 Å². The molecular weight excluding hydrogens is 200 g/mol. The van der Waals surface area contributed by atoms with E-state index in [4.69, 9.17) is 0 Å². The summed E-state index contributed by atoms with van der Waals surface area (Å²) >= 11 is 0. The Balaban J connectivity index is 2.33. The molecule has 1 aliphatic rings. The Labute approximate surface area is 94.9 Å². The average molecular weight is 216 g/mol. The molecule has 2 aromatic heterocycles. The van der Waals surface area contributed by atoms with Crippen LogP contribution in [0.4, 0.5) is 0 Å². The van der Waals surface area contributed by atoms with E-state index in [9.17, 15) is 0 Å². The first kappa shape index (κ1) is 9.63. The fourth-order valence-corrected chi connectivity index (χ4v) is 2.57. The van der Waals surface area contributed by atoms with Crippen LogP contribution in [0.3, 0.4) is 0 Å². The lowest BCUT2D eigenvalue weighted by atomic mass is 9.75. The molecule has 0 unspecified atom stereocenters. The van der Waals surface area contributed by atoms with E-state index in [0.29, 0.717) is 0 Å². The second-order valence-electron chi connectivity index (χ2n) is 5.25. The molecule has 0 N–H and O–H groups in total. The SMILES string of the molecule is Cn1cc2c(n1)-c1cnn(C)c1CC2(C)C. The van der Waals surface area contributed by atoms with E-state index < -0.39 is 0 Å². The van der Waals surface area contributed by atoms with Crippen molar-refractivity contribution >= 4 is 0 Å². The highest BCUT2D eigenvalue weighted by Gasteiger charge is 2.35. The van der Waals surface area contributed by atoms with E-state index in [0.717, 1.165) is 12.1 Å². The van der Waals surface area contributed by atoms with Gasteiger partial charge in [-0.2, -0.15) is 10.2 Å². The van der Waals surface area contributed by atoms with E-state index in [-0.39, 0.29) is 5.41 Å². The molecular formula is C12H16N4. The first-order chi connectivity index (χ1) is 7.49. The van der Waals surface area contributed by atoms with Crippen molar-refractivity contribution in [2.45, 2.75) is 25.7 Å². The van der Waals surface area contributed by atoms with Gasteiger partial charge < -0.3 is 0 Å². The zero-order valence-corrected chi connectivity index (χ0v) is 10.2. The normalized spacial score (nSPS) is 17.0. The van der Waals surface area contributed by atoms with Crippen molar-refractivity contribution in [2.75, 3.05) is 0 Å². The number of aryl methyl sites for hydroxylation is 2. The van der Waals surface area contributed by atoms with Crippen LogP contribution in [0.5, 0.6) is 0 Å². The lowest BCUT2D eigenvalue weighted by Gasteiger charge is -2.29. The van der Waals surface area contributed by atoms with Crippen molar-refractivity contribution in [2.24, 2.45) is 14.1 Å². The minimum Gasteiger partial charge on any atom is -0.275 e. The maximum atomic E-state index is 4.56. The van der Waals surface area contributed by atoms with Gasteiger partial charge >= 0.3 is 0 Å². The van der Waals surface area contributed by atoms with Crippen LogP contribution < -0.4 is 0 Å². The summed E-state index contributed by atoms with van der Waals surface area (Å²) in [6.07, 6.45) is 5.08. The van der Waals surface area contributed by atoms with Gasteiger partial charge in [-0.25, -0.2) is 0 Å². The molecule has 0 saturated carbocycles. The molecule has 0 bridgehead atoms. The standard InChI is InChI=1S/C12H16N4/c1-12(2)5-10-8(6-13-16(10)4)11-9(12)7-15(3)14-11/h6-7H,5H2,1-4H3. The van der Waals surface area contributed by atoms with Gasteiger partial charge in [0, 0.05) is 37.1 Å². The van der Waals surface area contributed by atoms with Crippen molar-refractivity contribution in [3.05, 3.63) is 23.7 Å². The lowest BCUT2D eigenvalue weighted by Crippen LogP contribution is -2.26. The second kappa shape index (κ2) is 2.75. The van der Waals surface area contributed by atoms with Gasteiger partial charge in [0.25, 0.3) is 0 Å². The smallest absolute Gasteiger partial charge is 0.0994 e. The lowest BCUT2D eigenvalue weighted by molar-refractivity contribution is 0.493. The predicted molar refractivity (Wildman–Crippen MR) is 62.1 cm³/mol. The summed E-state index contributed by atoms with van der Waals surface area (Å²) in [6, 6.07) is 0. The zero-order chi connectivity index (χ0) is 11.5. The number of hydrogen-bond acceptors (Lipinski definition) is 2. The maximum absolute atomic E-state index is 4.56. The van der Waals surface area contributed by atoms with Gasteiger partial charge in [-0.1, -0.05) is 13.8 Å². The summed E-state index contributed by atoms with van der Waals surface area (Å²) in [7, 11) is 3.98. The van der Waals surface area contributed by atoms with Gasteiger partial charge in [-0.05, 0) is 11.8 Å². The molecule has 2 aromatic rings. The summed E-state index contributed by atoms with van der Waals surface area (Å²) in [5.41, 5.74) is 5.05. The molecule has 2 heterocycles. The van der Waals surface area contributed by atoms with Crippen molar-refractivity contribution in [1.82, 2.24) is 19.6 Å². The van der Waals surface area contributed by atoms with Crippen LogP contribution in [0, 0.1) is 0 Å². The maximum Gasteiger partial charge on any atom is 0.0994 e. The molecule has 4 nitrogen and oxygen atoms in total. The second-order valence-corrected chi connectivity index (χ2v) is 5.25. The van der Waals surface area contributed by atoms with Gasteiger partial charge in [0.15, 0.2) is 0 Å². The Morgan fingerprint density at radius 3 is 2.81 bits per heavy atom. The summed E-state index contributed by atoms with van der Waals surface area (Å²) in [4.78, 5) is 0. The topological polar surface area (TPSA) is 35.6 Å². The molecule has 0 saturated heterocycles. The van der Waals surface area contributed by atoms with Crippen molar-refractivity contribution < 1.29 is 0 Å². The van der Waals surface area contributed by atoms with Gasteiger partial charge in [0.2, 0.25) is 0 Å². The summed E-state index contributed by atoms with van der Waals surface area (Å²) in [6.45, 7) is 4.53. The Hall–Kier alpha value is -1.58. The fourth-order valence-electron chi connectivity index (χ4n) is 2.57. The van der Waals surface area contributed by atoms with E-state index in [1.807, 2.05) is 29.7 Å². The van der Waals surface area contributed by atoms with E-state index in [2.05, 4.69) is 30.2 Å². The Morgan fingerprint density at radius 1 is 1.31 bits per heavy atom. The molecule has 3 rings (SSSR count). The molecule has 0 spiro atoms. The summed E-state index contributed by atoms with van der Waals surface area (Å²) in [5.74, 6) is 0. The third-order valence-corrected chi connectivity index (χ3v) is 3.48. The summed E-state index contributed by atoms with van der Waals surface area (Å²) in [5, 5.41) is 8.90. The predicted octanol–water partition coefficient (Wildman–Crippen LogP) is 1.65. The number of nitrogens with zero attached hydrogens (tertiary/aromatic N) is 4. The summed E-state index contributed by atoms with van der Waals surface area (Å²) < 4.78 is 3.86. The third kappa shape index (κ3) is 1.10. The van der Waals surface area contributed by atoms with Crippen LogP contribution in [0.25, 0.3) is 11.3 Å². The van der Waals surface area contributed by atoms with Crippen molar-refractivity contribution in [1.29, 1.82) is 0 Å². The molecule has 4 heteroatoms. The quantitative estimate of drug-likeness (QED) is 0.671. The van der Waals surface area contributed by atoms with Gasteiger partial charge in [0.05, 0.1) is 11.9 Å². The van der Waals surface area contributed by atoms with Crippen LogP contribution in [0.15, 0.2) is 12.4 Å². The van der Waals surface area contributed by atoms with Crippen LogP contribution in [0.2, 0.25) is 0 Å². The fraction of sp³-hybridized carbons (Fsp3) is 0.500. The molecule has 0 fully saturated rings. The number of aromatic nitrogens is 4. The third-order valence-electron chi connectivity index (χ3n) is 3.48. The molecule has 84 valence electrons. The molecule has 0 aliphatic heterocycles. The molecule has 0 aromatic carbocycles. The van der Waals surface area contributed by atoms with Gasteiger partial charge in [0.1, 0.15) is 0 Å². The number of hydrogen-bond donors (Lipinski definition) is 0. The number of fused-ring (bicyclic) bond motifs is 3. The van der Waals surface area contributed by atoms with E-state index in [1.165, 1.54) is 16.8 Å². The average Bonchev–Trinajstić information content (AvgIpc) is 2.71. The first-order valence-electron chi connectivity index (χ1n) is 5.54. The van der Waals surface area contributed by atoms with Crippen LogP contribution >= 0.6 is 0 Å². The minimum atomic E-state index is 0.143. The number of rotatable bonds is 0. The molecule has 0 atom stereocenters. The highest BCUT2D eigenvalue weighted by molar-refractivity contribution is 5.69. The van der Waals surface area contributed by atoms with E-state index >= 15 is 0 Å². The van der Waals surface area contributed by atoms with Crippen molar-refractivity contribution in [3.8, 4) is 11.3 Å². The largest absolute Gasteiger partial charge is 0.275 e. The highest BCUT2D eigenvalue weighted by Crippen LogP contribution is 2.41. The monoisotopic (exact) mass is 216 g/mol. The zero-order valence-electron chi connectivity index (χ0n) is 10.2.